The van der Waals surface area contributed by atoms with Gasteiger partial charge in [-0.2, -0.15) is 13.2 Å². The van der Waals surface area contributed by atoms with Gasteiger partial charge in [-0.25, -0.2) is 0 Å². The van der Waals surface area contributed by atoms with Gasteiger partial charge in [0.05, 0.1) is 17.7 Å². The van der Waals surface area contributed by atoms with Crippen LogP contribution in [0.1, 0.15) is 12.0 Å². The topological polar surface area (TPSA) is 30.5 Å². The summed E-state index contributed by atoms with van der Waals surface area (Å²) in [5, 5.41) is 3.03. The first-order valence-electron chi connectivity index (χ1n) is 6.13. The monoisotopic (exact) mass is 355 g/mol. The number of halogens is 4. The lowest BCUT2D eigenvalue weighted by Gasteiger charge is -2.13. The number of alkyl halides is 3. The Hall–Kier alpha value is -0.790. The molecule has 0 atom stereocenters. The van der Waals surface area contributed by atoms with E-state index in [9.17, 15) is 13.2 Å². The van der Waals surface area contributed by atoms with Crippen LogP contribution >= 0.6 is 15.9 Å². The van der Waals surface area contributed by atoms with Crippen LogP contribution in [0, 0.1) is 0 Å². The lowest BCUT2D eigenvalue weighted by atomic mass is 10.2. The van der Waals surface area contributed by atoms with E-state index in [1.807, 2.05) is 25.2 Å². The van der Waals surface area contributed by atoms with E-state index in [2.05, 4.69) is 26.0 Å². The van der Waals surface area contributed by atoms with Gasteiger partial charge in [0.15, 0.2) is 0 Å². The Morgan fingerprint density at radius 1 is 1.25 bits per heavy atom. The molecule has 0 aliphatic carbocycles. The van der Waals surface area contributed by atoms with Crippen LogP contribution in [0.5, 0.6) is 5.75 Å². The van der Waals surface area contributed by atoms with E-state index < -0.39 is 12.8 Å². The average molecular weight is 356 g/mol. The van der Waals surface area contributed by atoms with E-state index in [-0.39, 0.29) is 6.61 Å². The fourth-order valence-corrected chi connectivity index (χ4v) is 2.09. The van der Waals surface area contributed by atoms with Gasteiger partial charge < -0.3 is 14.8 Å². The van der Waals surface area contributed by atoms with Gasteiger partial charge in [0.2, 0.25) is 0 Å². The third-order valence-corrected chi connectivity index (χ3v) is 2.99. The molecule has 20 heavy (non-hydrogen) atoms. The van der Waals surface area contributed by atoms with E-state index >= 15 is 0 Å². The smallest absolute Gasteiger partial charge is 0.411 e. The van der Waals surface area contributed by atoms with Gasteiger partial charge in [-0.1, -0.05) is 12.1 Å². The van der Waals surface area contributed by atoms with E-state index in [4.69, 9.17) is 4.74 Å². The average Bonchev–Trinajstić information content (AvgIpc) is 2.35. The molecule has 114 valence electrons. The molecule has 0 saturated heterocycles. The molecule has 1 rings (SSSR count). The molecule has 0 radical (unpaired) electrons. The third-order valence-electron chi connectivity index (χ3n) is 2.36. The second kappa shape index (κ2) is 8.49. The maximum Gasteiger partial charge on any atom is 0.411 e. The number of ether oxygens (including phenoxy) is 2. The number of rotatable bonds is 8. The predicted molar refractivity (Wildman–Crippen MR) is 73.9 cm³/mol. The van der Waals surface area contributed by atoms with Crippen molar-refractivity contribution in [1.29, 1.82) is 0 Å². The Bertz CT molecular complexity index is 413. The highest BCUT2D eigenvalue weighted by atomic mass is 79.9. The molecule has 0 spiro atoms. The maximum atomic E-state index is 11.9. The molecule has 0 bridgehead atoms. The van der Waals surface area contributed by atoms with E-state index in [1.165, 1.54) is 0 Å². The van der Waals surface area contributed by atoms with Gasteiger partial charge in [-0.15, -0.1) is 0 Å². The van der Waals surface area contributed by atoms with Gasteiger partial charge in [-0.05, 0) is 29.0 Å². The van der Waals surface area contributed by atoms with Crippen molar-refractivity contribution in [2.24, 2.45) is 0 Å². The highest BCUT2D eigenvalue weighted by Crippen LogP contribution is 2.29. The summed E-state index contributed by atoms with van der Waals surface area (Å²) in [6, 6.07) is 5.68. The minimum Gasteiger partial charge on any atom is -0.492 e. The summed E-state index contributed by atoms with van der Waals surface area (Å²) in [5.74, 6) is 0.706. The SMILES string of the molecule is CNCc1cccc(Br)c1OCCCOCC(F)(F)F. The van der Waals surface area contributed by atoms with Crippen molar-refractivity contribution in [3.05, 3.63) is 28.2 Å². The van der Waals surface area contributed by atoms with Gasteiger partial charge in [-0.3, -0.25) is 0 Å². The van der Waals surface area contributed by atoms with Crippen molar-refractivity contribution < 1.29 is 22.6 Å². The normalized spacial score (nSPS) is 11.7. The van der Waals surface area contributed by atoms with Gasteiger partial charge in [0, 0.05) is 18.5 Å². The first-order chi connectivity index (χ1) is 9.44. The van der Waals surface area contributed by atoms with Crippen LogP contribution in [0.25, 0.3) is 0 Å². The van der Waals surface area contributed by atoms with E-state index in [0.29, 0.717) is 25.3 Å². The molecule has 0 fully saturated rings. The molecular weight excluding hydrogens is 339 g/mol. The minimum atomic E-state index is -4.27. The highest BCUT2D eigenvalue weighted by molar-refractivity contribution is 9.10. The molecule has 1 aromatic rings. The molecule has 0 amide bonds. The van der Waals surface area contributed by atoms with Crippen molar-refractivity contribution in [2.45, 2.75) is 19.1 Å². The number of benzene rings is 1. The summed E-state index contributed by atoms with van der Waals surface area (Å²) < 4.78 is 46.5. The fraction of sp³-hybridized carbons (Fsp3) is 0.538. The molecular formula is C13H17BrF3NO2. The molecule has 0 aliphatic rings. The summed E-state index contributed by atoms with van der Waals surface area (Å²) >= 11 is 3.39. The molecule has 1 aromatic carbocycles. The Balaban J connectivity index is 2.35. The van der Waals surface area contributed by atoms with Crippen molar-refractivity contribution >= 4 is 15.9 Å². The Kier molecular flexibility index (Phi) is 7.32. The zero-order valence-electron chi connectivity index (χ0n) is 11.1. The number of nitrogens with one attached hydrogen (secondary N) is 1. The van der Waals surface area contributed by atoms with Crippen molar-refractivity contribution in [1.82, 2.24) is 5.32 Å². The standard InChI is InChI=1S/C13H17BrF3NO2/c1-18-8-10-4-2-5-11(14)12(10)20-7-3-6-19-9-13(15,16)17/h2,4-5,18H,3,6-9H2,1H3. The quantitative estimate of drug-likeness (QED) is 0.723. The lowest BCUT2D eigenvalue weighted by molar-refractivity contribution is -0.174. The zero-order chi connectivity index (χ0) is 15.0. The summed E-state index contributed by atoms with van der Waals surface area (Å²) in [7, 11) is 1.83. The largest absolute Gasteiger partial charge is 0.492 e. The van der Waals surface area contributed by atoms with Crippen molar-refractivity contribution in [3.8, 4) is 5.75 Å². The van der Waals surface area contributed by atoms with Crippen LogP contribution in [0.15, 0.2) is 22.7 Å². The van der Waals surface area contributed by atoms with Gasteiger partial charge >= 0.3 is 6.18 Å². The molecule has 7 heteroatoms. The van der Waals surface area contributed by atoms with Crippen molar-refractivity contribution in [2.75, 3.05) is 26.9 Å². The van der Waals surface area contributed by atoms with Crippen LogP contribution in [0.4, 0.5) is 13.2 Å². The van der Waals surface area contributed by atoms with Crippen LogP contribution in [-0.4, -0.2) is 33.0 Å². The van der Waals surface area contributed by atoms with Crippen molar-refractivity contribution in [3.63, 3.8) is 0 Å². The zero-order valence-corrected chi connectivity index (χ0v) is 12.7. The molecule has 0 saturated carbocycles. The van der Waals surface area contributed by atoms with Gasteiger partial charge in [0.1, 0.15) is 12.4 Å². The molecule has 1 N–H and O–H groups in total. The summed E-state index contributed by atoms with van der Waals surface area (Å²) in [6.07, 6.45) is -3.88. The Labute approximate surface area is 124 Å². The first-order valence-corrected chi connectivity index (χ1v) is 6.92. The maximum absolute atomic E-state index is 11.9. The Morgan fingerprint density at radius 3 is 2.65 bits per heavy atom. The molecule has 0 unspecified atom stereocenters. The first kappa shape index (κ1) is 17.3. The highest BCUT2D eigenvalue weighted by Gasteiger charge is 2.27. The molecule has 0 aromatic heterocycles. The fourth-order valence-electron chi connectivity index (χ4n) is 1.57. The van der Waals surface area contributed by atoms with Crippen LogP contribution in [0.3, 0.4) is 0 Å². The lowest BCUT2D eigenvalue weighted by Crippen LogP contribution is -2.18. The van der Waals surface area contributed by atoms with Gasteiger partial charge in [0.25, 0.3) is 0 Å². The summed E-state index contributed by atoms with van der Waals surface area (Å²) in [5.41, 5.74) is 0.984. The second-order valence-electron chi connectivity index (χ2n) is 4.13. The van der Waals surface area contributed by atoms with Crippen LogP contribution in [-0.2, 0) is 11.3 Å². The second-order valence-corrected chi connectivity index (χ2v) is 4.98. The van der Waals surface area contributed by atoms with E-state index in [1.54, 1.807) is 0 Å². The molecule has 3 nitrogen and oxygen atoms in total. The van der Waals surface area contributed by atoms with Crippen LogP contribution in [0.2, 0.25) is 0 Å². The molecule has 0 heterocycles. The summed E-state index contributed by atoms with van der Waals surface area (Å²) in [6.45, 7) is -0.241. The number of para-hydroxylation sites is 1. The summed E-state index contributed by atoms with van der Waals surface area (Å²) in [4.78, 5) is 0. The number of hydrogen-bond donors (Lipinski definition) is 1. The third kappa shape index (κ3) is 6.58. The Morgan fingerprint density at radius 2 is 2.00 bits per heavy atom. The molecule has 0 aliphatic heterocycles. The minimum absolute atomic E-state index is 0.0192. The van der Waals surface area contributed by atoms with Crippen LogP contribution < -0.4 is 10.1 Å². The van der Waals surface area contributed by atoms with E-state index in [0.717, 1.165) is 10.0 Å². The predicted octanol–water partition coefficient (Wildman–Crippen LogP) is 3.52. The number of hydrogen-bond acceptors (Lipinski definition) is 3.